The van der Waals surface area contributed by atoms with Crippen LogP contribution in [-0.4, -0.2) is 42.2 Å². The summed E-state index contributed by atoms with van der Waals surface area (Å²) in [6, 6.07) is 0. The van der Waals surface area contributed by atoms with E-state index < -0.39 is 11.9 Å². The average Bonchev–Trinajstić information content (AvgIpc) is 2.61. The largest absolute Gasteiger partial charge is 0.477 e. The number of carbonyl (C=O) groups is 2. The van der Waals surface area contributed by atoms with Crippen molar-refractivity contribution in [2.75, 3.05) is 20.3 Å². The SMILES string of the molecule is COCCNC(=O)c1nc(Cl)sc1C(=O)O. The summed E-state index contributed by atoms with van der Waals surface area (Å²) in [4.78, 5) is 25.8. The minimum absolute atomic E-state index is 0.0225. The van der Waals surface area contributed by atoms with Gasteiger partial charge in [0.05, 0.1) is 6.61 Å². The van der Waals surface area contributed by atoms with Gasteiger partial charge in [-0.2, -0.15) is 0 Å². The van der Waals surface area contributed by atoms with Gasteiger partial charge in [0.2, 0.25) is 0 Å². The van der Waals surface area contributed by atoms with Crippen molar-refractivity contribution in [3.05, 3.63) is 15.0 Å². The van der Waals surface area contributed by atoms with Gasteiger partial charge in [0.1, 0.15) is 4.88 Å². The highest BCUT2D eigenvalue weighted by Gasteiger charge is 2.22. The number of methoxy groups -OCH3 is 1. The van der Waals surface area contributed by atoms with Gasteiger partial charge in [-0.25, -0.2) is 9.78 Å². The predicted molar refractivity (Wildman–Crippen MR) is 58.3 cm³/mol. The van der Waals surface area contributed by atoms with Crippen molar-refractivity contribution in [3.8, 4) is 0 Å². The van der Waals surface area contributed by atoms with Crippen LogP contribution >= 0.6 is 22.9 Å². The van der Waals surface area contributed by atoms with Gasteiger partial charge in [-0.15, -0.1) is 0 Å². The first-order chi connectivity index (χ1) is 7.56. The summed E-state index contributed by atoms with van der Waals surface area (Å²) < 4.78 is 4.76. The van der Waals surface area contributed by atoms with Gasteiger partial charge >= 0.3 is 5.97 Å². The van der Waals surface area contributed by atoms with E-state index in [4.69, 9.17) is 21.4 Å². The van der Waals surface area contributed by atoms with Crippen molar-refractivity contribution in [1.29, 1.82) is 0 Å². The first kappa shape index (κ1) is 12.9. The number of carbonyl (C=O) groups excluding carboxylic acids is 1. The van der Waals surface area contributed by atoms with Gasteiger partial charge in [0.25, 0.3) is 5.91 Å². The van der Waals surface area contributed by atoms with Crippen LogP contribution in [0.5, 0.6) is 0 Å². The lowest BCUT2D eigenvalue weighted by Crippen LogP contribution is -2.28. The first-order valence-corrected chi connectivity index (χ1v) is 5.42. The Morgan fingerprint density at radius 1 is 1.62 bits per heavy atom. The second-order valence-electron chi connectivity index (χ2n) is 2.70. The fourth-order valence-corrected chi connectivity index (χ4v) is 1.89. The van der Waals surface area contributed by atoms with Crippen LogP contribution in [-0.2, 0) is 4.74 Å². The maximum atomic E-state index is 11.5. The van der Waals surface area contributed by atoms with Gasteiger partial charge in [0.15, 0.2) is 10.2 Å². The number of hydrogen-bond donors (Lipinski definition) is 2. The maximum absolute atomic E-state index is 11.5. The van der Waals surface area contributed by atoms with Gasteiger partial charge in [0, 0.05) is 13.7 Å². The average molecular weight is 265 g/mol. The molecule has 0 aromatic carbocycles. The van der Waals surface area contributed by atoms with E-state index in [0.29, 0.717) is 6.61 Å². The second kappa shape index (κ2) is 5.78. The zero-order valence-electron chi connectivity index (χ0n) is 8.32. The normalized spacial score (nSPS) is 10.1. The molecule has 0 aliphatic rings. The van der Waals surface area contributed by atoms with Crippen molar-refractivity contribution in [2.45, 2.75) is 0 Å². The van der Waals surface area contributed by atoms with E-state index >= 15 is 0 Å². The van der Waals surface area contributed by atoms with E-state index in [2.05, 4.69) is 10.3 Å². The number of ether oxygens (including phenoxy) is 1. The zero-order valence-corrected chi connectivity index (χ0v) is 9.89. The fraction of sp³-hybridized carbons (Fsp3) is 0.375. The Labute approximate surface area is 100 Å². The Kier molecular flexibility index (Phi) is 4.66. The van der Waals surface area contributed by atoms with Crippen molar-refractivity contribution < 1.29 is 19.4 Å². The summed E-state index contributed by atoms with van der Waals surface area (Å²) in [6.07, 6.45) is 0. The molecule has 1 amide bonds. The number of aromatic carboxylic acids is 1. The summed E-state index contributed by atoms with van der Waals surface area (Å²) in [5.74, 6) is -1.79. The number of amides is 1. The van der Waals surface area contributed by atoms with E-state index in [1.807, 2.05) is 0 Å². The highest BCUT2D eigenvalue weighted by Crippen LogP contribution is 2.22. The van der Waals surface area contributed by atoms with Gasteiger partial charge in [-0.3, -0.25) is 4.79 Å². The molecule has 0 bridgehead atoms. The maximum Gasteiger partial charge on any atom is 0.348 e. The summed E-state index contributed by atoms with van der Waals surface area (Å²) in [7, 11) is 1.49. The molecule has 0 aliphatic carbocycles. The number of halogens is 1. The monoisotopic (exact) mass is 264 g/mol. The van der Waals surface area contributed by atoms with Crippen molar-refractivity contribution in [1.82, 2.24) is 10.3 Å². The molecule has 0 saturated carbocycles. The molecule has 0 spiro atoms. The molecule has 0 aliphatic heterocycles. The van der Waals surface area contributed by atoms with Gasteiger partial charge in [-0.05, 0) is 0 Å². The van der Waals surface area contributed by atoms with E-state index in [0.717, 1.165) is 11.3 Å². The molecule has 0 atom stereocenters. The number of nitrogens with one attached hydrogen (secondary N) is 1. The Morgan fingerprint density at radius 2 is 2.31 bits per heavy atom. The lowest BCUT2D eigenvalue weighted by molar-refractivity contribution is 0.0695. The summed E-state index contributed by atoms with van der Waals surface area (Å²) >= 11 is 6.31. The number of carboxylic acids is 1. The summed E-state index contributed by atoms with van der Waals surface area (Å²) in [5.41, 5.74) is -0.168. The quantitative estimate of drug-likeness (QED) is 0.771. The second-order valence-corrected chi connectivity index (χ2v) is 4.28. The van der Waals surface area contributed by atoms with Crippen LogP contribution in [0, 0.1) is 0 Å². The van der Waals surface area contributed by atoms with Gasteiger partial charge in [-0.1, -0.05) is 22.9 Å². The van der Waals surface area contributed by atoms with E-state index in [1.165, 1.54) is 7.11 Å². The highest BCUT2D eigenvalue weighted by molar-refractivity contribution is 7.17. The third kappa shape index (κ3) is 3.16. The molecule has 16 heavy (non-hydrogen) atoms. The minimum atomic E-state index is -1.22. The zero-order chi connectivity index (χ0) is 12.1. The van der Waals surface area contributed by atoms with E-state index in [9.17, 15) is 9.59 Å². The molecule has 0 radical (unpaired) electrons. The molecule has 1 rings (SSSR count). The molecule has 1 aromatic rings. The minimum Gasteiger partial charge on any atom is -0.477 e. The summed E-state index contributed by atoms with van der Waals surface area (Å²) in [5, 5.41) is 11.3. The molecular formula is C8H9ClN2O4S. The number of aromatic nitrogens is 1. The smallest absolute Gasteiger partial charge is 0.348 e. The predicted octanol–water partition coefficient (Wildman–Crippen LogP) is 0.871. The molecule has 1 aromatic heterocycles. The molecule has 88 valence electrons. The van der Waals surface area contributed by atoms with Crippen LogP contribution in [0.15, 0.2) is 0 Å². The number of rotatable bonds is 5. The van der Waals surface area contributed by atoms with Crippen LogP contribution in [0.2, 0.25) is 4.47 Å². The summed E-state index contributed by atoms with van der Waals surface area (Å²) in [6.45, 7) is 0.621. The molecule has 8 heteroatoms. The molecule has 0 saturated heterocycles. The van der Waals surface area contributed by atoms with Crippen molar-refractivity contribution in [3.63, 3.8) is 0 Å². The highest BCUT2D eigenvalue weighted by atomic mass is 35.5. The van der Waals surface area contributed by atoms with Crippen LogP contribution in [0.25, 0.3) is 0 Å². The van der Waals surface area contributed by atoms with Gasteiger partial charge < -0.3 is 15.2 Å². The molecule has 2 N–H and O–H groups in total. The Bertz CT molecular complexity index is 407. The van der Waals surface area contributed by atoms with E-state index in [-0.39, 0.29) is 21.6 Å². The molecule has 1 heterocycles. The van der Waals surface area contributed by atoms with Crippen molar-refractivity contribution >= 4 is 34.8 Å². The number of nitrogens with zero attached hydrogens (tertiary/aromatic N) is 1. The number of hydrogen-bond acceptors (Lipinski definition) is 5. The Balaban J connectivity index is 2.78. The molecule has 6 nitrogen and oxygen atoms in total. The third-order valence-electron chi connectivity index (χ3n) is 1.60. The molecule has 0 unspecified atom stereocenters. The van der Waals surface area contributed by atoms with Crippen molar-refractivity contribution in [2.24, 2.45) is 0 Å². The van der Waals surface area contributed by atoms with Crippen LogP contribution in [0.1, 0.15) is 20.2 Å². The Hall–Kier alpha value is -1.18. The molecular weight excluding hydrogens is 256 g/mol. The Morgan fingerprint density at radius 3 is 2.88 bits per heavy atom. The third-order valence-corrected chi connectivity index (χ3v) is 2.75. The number of thiazole rings is 1. The van der Waals surface area contributed by atoms with Crippen LogP contribution in [0.3, 0.4) is 0 Å². The topological polar surface area (TPSA) is 88.5 Å². The number of carboxylic acid groups (broad SMARTS) is 1. The lowest BCUT2D eigenvalue weighted by atomic mass is 10.3. The van der Waals surface area contributed by atoms with Crippen LogP contribution < -0.4 is 5.32 Å². The fourth-order valence-electron chi connectivity index (χ4n) is 0.943. The van der Waals surface area contributed by atoms with E-state index in [1.54, 1.807) is 0 Å². The standard InChI is InChI=1S/C8H9ClN2O4S/c1-15-3-2-10-6(12)4-5(7(13)14)16-8(9)11-4/h2-3H2,1H3,(H,10,12)(H,13,14). The lowest BCUT2D eigenvalue weighted by Gasteiger charge is -2.02. The molecule has 0 fully saturated rings. The van der Waals surface area contributed by atoms with Crippen LogP contribution in [0.4, 0.5) is 0 Å². The first-order valence-electron chi connectivity index (χ1n) is 4.23.